The second kappa shape index (κ2) is 8.43. The molecule has 3 aromatic rings. The summed E-state index contributed by atoms with van der Waals surface area (Å²) in [5.41, 5.74) is 11.8. The van der Waals surface area contributed by atoms with E-state index in [0.29, 0.717) is 25.3 Å². The summed E-state index contributed by atoms with van der Waals surface area (Å²) in [7, 11) is 1.67. The first-order valence-corrected chi connectivity index (χ1v) is 8.55. The minimum atomic E-state index is 0.501. The highest BCUT2D eigenvalue weighted by molar-refractivity contribution is 5.68. The van der Waals surface area contributed by atoms with Gasteiger partial charge in [-0.05, 0) is 47.4 Å². The number of hydrogen-bond donors (Lipinski definition) is 1. The summed E-state index contributed by atoms with van der Waals surface area (Å²) in [4.78, 5) is 4.22. The van der Waals surface area contributed by atoms with E-state index < -0.39 is 0 Å². The zero-order valence-electron chi connectivity index (χ0n) is 14.9. The van der Waals surface area contributed by atoms with Gasteiger partial charge in [-0.3, -0.25) is 0 Å². The first-order chi connectivity index (χ1) is 12.7. The molecule has 26 heavy (non-hydrogen) atoms. The van der Waals surface area contributed by atoms with Gasteiger partial charge in [0.2, 0.25) is 0 Å². The zero-order valence-corrected chi connectivity index (χ0v) is 14.9. The van der Waals surface area contributed by atoms with Crippen molar-refractivity contribution in [2.24, 2.45) is 5.73 Å². The molecule has 1 aromatic heterocycles. The number of nitrogens with zero attached hydrogens (tertiary/aromatic N) is 3. The van der Waals surface area contributed by atoms with Crippen LogP contribution in [0.4, 0.5) is 0 Å². The summed E-state index contributed by atoms with van der Waals surface area (Å²) >= 11 is 0. The Kier molecular flexibility index (Phi) is 5.80. The molecule has 132 valence electrons. The molecule has 0 saturated heterocycles. The fraction of sp³-hybridized carbons (Fsp3) is 0.238. The number of benzene rings is 2. The predicted molar refractivity (Wildman–Crippen MR) is 101 cm³/mol. The molecule has 5 nitrogen and oxygen atoms in total. The largest absolute Gasteiger partial charge is 0.378 e. The number of imidazole rings is 1. The molecule has 5 heteroatoms. The number of hydrogen-bond acceptors (Lipinski definition) is 4. The molecule has 0 amide bonds. The Labute approximate surface area is 153 Å². The van der Waals surface area contributed by atoms with Gasteiger partial charge in [0.15, 0.2) is 0 Å². The minimum Gasteiger partial charge on any atom is -0.378 e. The van der Waals surface area contributed by atoms with Crippen molar-refractivity contribution in [1.82, 2.24) is 9.55 Å². The van der Waals surface area contributed by atoms with Gasteiger partial charge in [-0.15, -0.1) is 0 Å². The smallest absolute Gasteiger partial charge is 0.0991 e. The van der Waals surface area contributed by atoms with Gasteiger partial charge in [-0.2, -0.15) is 5.26 Å². The average molecular weight is 346 g/mol. The van der Waals surface area contributed by atoms with E-state index >= 15 is 0 Å². The molecule has 0 unspecified atom stereocenters. The molecular weight excluding hydrogens is 324 g/mol. The van der Waals surface area contributed by atoms with Crippen molar-refractivity contribution in [3.63, 3.8) is 0 Å². The van der Waals surface area contributed by atoms with E-state index in [-0.39, 0.29) is 0 Å². The van der Waals surface area contributed by atoms with Crippen LogP contribution in [0, 0.1) is 11.3 Å². The van der Waals surface area contributed by atoms with Crippen LogP contribution in [0.1, 0.15) is 22.4 Å². The molecular formula is C21H22N4O. The third kappa shape index (κ3) is 3.99. The van der Waals surface area contributed by atoms with E-state index in [4.69, 9.17) is 10.5 Å². The maximum atomic E-state index is 9.28. The van der Waals surface area contributed by atoms with Crippen LogP contribution in [-0.4, -0.2) is 23.2 Å². The Bertz CT molecular complexity index is 907. The van der Waals surface area contributed by atoms with Crippen LogP contribution in [0.5, 0.6) is 0 Å². The van der Waals surface area contributed by atoms with Crippen LogP contribution in [0.2, 0.25) is 0 Å². The molecule has 0 atom stereocenters. The Morgan fingerprint density at radius 3 is 2.69 bits per heavy atom. The number of aromatic nitrogens is 2. The van der Waals surface area contributed by atoms with Gasteiger partial charge in [0.05, 0.1) is 36.5 Å². The number of ether oxygens (including phenoxy) is 1. The number of rotatable bonds is 7. The Balaban J connectivity index is 1.97. The molecule has 1 heterocycles. The van der Waals surface area contributed by atoms with Crippen LogP contribution in [0.25, 0.3) is 11.1 Å². The lowest BCUT2D eigenvalue weighted by molar-refractivity contribution is 0.178. The van der Waals surface area contributed by atoms with Crippen LogP contribution in [0.3, 0.4) is 0 Å². The highest BCUT2D eigenvalue weighted by atomic mass is 16.5. The summed E-state index contributed by atoms with van der Waals surface area (Å²) in [6.45, 7) is 1.78. The van der Waals surface area contributed by atoms with Gasteiger partial charge in [0.25, 0.3) is 0 Å². The normalized spacial score (nSPS) is 10.7. The second-order valence-electron chi connectivity index (χ2n) is 6.17. The highest BCUT2D eigenvalue weighted by Gasteiger charge is 2.10. The topological polar surface area (TPSA) is 76.9 Å². The number of methoxy groups -OCH3 is 1. The fourth-order valence-corrected chi connectivity index (χ4v) is 3.04. The van der Waals surface area contributed by atoms with Gasteiger partial charge in [0.1, 0.15) is 0 Å². The lowest BCUT2D eigenvalue weighted by Crippen LogP contribution is -2.06. The summed E-state index contributed by atoms with van der Waals surface area (Å²) in [6.07, 6.45) is 4.47. The van der Waals surface area contributed by atoms with E-state index in [1.54, 1.807) is 19.6 Å². The molecule has 3 rings (SSSR count). The Morgan fingerprint density at radius 1 is 1.19 bits per heavy atom. The second-order valence-corrected chi connectivity index (χ2v) is 6.17. The molecule has 0 bridgehead atoms. The van der Waals surface area contributed by atoms with Gasteiger partial charge in [-0.1, -0.05) is 30.3 Å². The van der Waals surface area contributed by atoms with Crippen molar-refractivity contribution in [3.8, 4) is 17.2 Å². The van der Waals surface area contributed by atoms with Crippen LogP contribution in [-0.2, 0) is 24.3 Å². The predicted octanol–water partition coefficient (Wildman–Crippen LogP) is 3.12. The van der Waals surface area contributed by atoms with Gasteiger partial charge < -0.3 is 15.0 Å². The van der Waals surface area contributed by atoms with Crippen molar-refractivity contribution in [2.75, 3.05) is 13.7 Å². The lowest BCUT2D eigenvalue weighted by Gasteiger charge is -2.14. The quantitative estimate of drug-likeness (QED) is 0.713. The highest BCUT2D eigenvalue weighted by Crippen LogP contribution is 2.26. The SMILES string of the molecule is COCc1cncn1Cc1cc(C#N)ccc1-c1ccc(CCN)cc1. The molecule has 0 saturated carbocycles. The average Bonchev–Trinajstić information content (AvgIpc) is 3.10. The molecule has 2 aromatic carbocycles. The summed E-state index contributed by atoms with van der Waals surface area (Å²) in [6, 6.07) is 16.5. The summed E-state index contributed by atoms with van der Waals surface area (Å²) < 4.78 is 7.29. The molecule has 0 radical (unpaired) electrons. The molecule has 0 fully saturated rings. The van der Waals surface area contributed by atoms with Gasteiger partial charge in [0, 0.05) is 13.7 Å². The van der Waals surface area contributed by atoms with E-state index in [0.717, 1.165) is 28.8 Å². The maximum absolute atomic E-state index is 9.28. The van der Waals surface area contributed by atoms with E-state index in [1.165, 1.54) is 5.56 Å². The molecule has 0 aliphatic rings. The number of nitriles is 1. The van der Waals surface area contributed by atoms with Crippen molar-refractivity contribution >= 4 is 0 Å². The first kappa shape index (κ1) is 17.9. The first-order valence-electron chi connectivity index (χ1n) is 8.55. The van der Waals surface area contributed by atoms with Crippen LogP contribution in [0.15, 0.2) is 55.0 Å². The molecule has 0 aliphatic heterocycles. The molecule has 0 spiro atoms. The van der Waals surface area contributed by atoms with Gasteiger partial charge >= 0.3 is 0 Å². The minimum absolute atomic E-state index is 0.501. The molecule has 2 N–H and O–H groups in total. The number of nitrogens with two attached hydrogens (primary N) is 1. The summed E-state index contributed by atoms with van der Waals surface area (Å²) in [5.74, 6) is 0. The van der Waals surface area contributed by atoms with Crippen molar-refractivity contribution in [3.05, 3.63) is 77.4 Å². The van der Waals surface area contributed by atoms with Crippen molar-refractivity contribution in [1.29, 1.82) is 5.26 Å². The van der Waals surface area contributed by atoms with Crippen molar-refractivity contribution < 1.29 is 4.74 Å². The van der Waals surface area contributed by atoms with Gasteiger partial charge in [-0.25, -0.2) is 4.98 Å². The Morgan fingerprint density at radius 2 is 2.00 bits per heavy atom. The Hall–Kier alpha value is -2.94. The third-order valence-corrected chi connectivity index (χ3v) is 4.36. The zero-order chi connectivity index (χ0) is 18.4. The monoisotopic (exact) mass is 346 g/mol. The van der Waals surface area contributed by atoms with Crippen LogP contribution < -0.4 is 5.73 Å². The third-order valence-electron chi connectivity index (χ3n) is 4.36. The maximum Gasteiger partial charge on any atom is 0.0991 e. The molecule has 0 aliphatic carbocycles. The van der Waals surface area contributed by atoms with E-state index in [9.17, 15) is 5.26 Å². The fourth-order valence-electron chi connectivity index (χ4n) is 3.04. The summed E-state index contributed by atoms with van der Waals surface area (Å²) in [5, 5.41) is 9.28. The lowest BCUT2D eigenvalue weighted by atomic mass is 9.96. The van der Waals surface area contributed by atoms with E-state index in [1.807, 2.05) is 22.8 Å². The van der Waals surface area contributed by atoms with Crippen LogP contribution >= 0.6 is 0 Å². The standard InChI is InChI=1S/C21H22N4O/c1-26-14-20-12-24-15-25(20)13-19-10-17(11-23)4-7-21(19)18-5-2-16(3-6-18)8-9-22/h2-7,10,12,15H,8-9,13-14,22H2,1H3. The van der Waals surface area contributed by atoms with E-state index in [2.05, 4.69) is 35.3 Å². The van der Waals surface area contributed by atoms with Crippen molar-refractivity contribution in [2.45, 2.75) is 19.6 Å².